The highest BCUT2D eigenvalue weighted by Crippen LogP contribution is 2.38. The minimum Gasteiger partial charge on any atom is -0.332 e. The molecular weight excluding hydrogens is 348 g/mol. The molecule has 2 aliphatic rings. The van der Waals surface area contributed by atoms with Crippen LogP contribution in [-0.4, -0.2) is 50.9 Å². The van der Waals surface area contributed by atoms with Crippen molar-refractivity contribution >= 4 is 17.2 Å². The maximum absolute atomic E-state index is 13.2. The largest absolute Gasteiger partial charge is 0.332 e. The van der Waals surface area contributed by atoms with Crippen molar-refractivity contribution in [2.45, 2.75) is 58.0 Å². The number of aromatic nitrogens is 4. The summed E-state index contributed by atoms with van der Waals surface area (Å²) in [4.78, 5) is 20.9. The molecule has 0 bridgehead atoms. The second kappa shape index (κ2) is 7.08. The van der Waals surface area contributed by atoms with Crippen LogP contribution in [0.3, 0.4) is 0 Å². The zero-order valence-electron chi connectivity index (χ0n) is 15.7. The average Bonchev–Trinajstić information content (AvgIpc) is 3.22. The van der Waals surface area contributed by atoms with E-state index in [4.69, 9.17) is 0 Å². The first-order chi connectivity index (χ1) is 12.6. The lowest BCUT2D eigenvalue weighted by molar-refractivity contribution is 0.0711. The molecule has 1 unspecified atom stereocenters. The number of piperidine rings is 1. The molecule has 0 saturated carbocycles. The summed E-state index contributed by atoms with van der Waals surface area (Å²) in [6, 6.07) is 0.432. The molecule has 140 valence electrons. The summed E-state index contributed by atoms with van der Waals surface area (Å²) < 4.78 is 1.95. The normalized spacial score (nSPS) is 20.8. The quantitative estimate of drug-likeness (QED) is 0.893. The lowest BCUT2D eigenvalue weighted by Crippen LogP contribution is -2.33. The van der Waals surface area contributed by atoms with Gasteiger partial charge in [0.1, 0.15) is 0 Å². The van der Waals surface area contributed by atoms with Crippen molar-refractivity contribution in [3.05, 3.63) is 27.0 Å². The summed E-state index contributed by atoms with van der Waals surface area (Å²) >= 11 is 1.72. The molecule has 1 aliphatic heterocycles. The van der Waals surface area contributed by atoms with Crippen molar-refractivity contribution in [1.29, 1.82) is 0 Å². The fourth-order valence-electron chi connectivity index (χ4n) is 4.13. The Morgan fingerprint density at radius 2 is 2.04 bits per heavy atom. The molecular formula is C18H26N6OS. The number of carbonyl (C=O) groups is 1. The van der Waals surface area contributed by atoms with Gasteiger partial charge in [-0.3, -0.25) is 4.79 Å². The summed E-state index contributed by atoms with van der Waals surface area (Å²) in [6.45, 7) is 5.98. The summed E-state index contributed by atoms with van der Waals surface area (Å²) in [5.74, 6) is -0.0356. The van der Waals surface area contributed by atoms with Crippen LogP contribution < -0.4 is 5.32 Å². The molecule has 0 radical (unpaired) electrons. The van der Waals surface area contributed by atoms with Gasteiger partial charge in [-0.25, -0.2) is 9.67 Å². The number of rotatable bonds is 3. The van der Waals surface area contributed by atoms with Crippen LogP contribution in [0.1, 0.15) is 69.5 Å². The number of hydrogen-bond acceptors (Lipinski definition) is 6. The molecule has 0 spiro atoms. The predicted molar refractivity (Wildman–Crippen MR) is 101 cm³/mol. The van der Waals surface area contributed by atoms with Gasteiger partial charge in [-0.05, 0) is 59.0 Å². The maximum Gasteiger partial charge on any atom is 0.276 e. The molecule has 2 aromatic heterocycles. The van der Waals surface area contributed by atoms with Gasteiger partial charge in [0.05, 0.1) is 33.4 Å². The third-order valence-corrected chi connectivity index (χ3v) is 6.72. The molecule has 1 fully saturated rings. The number of nitrogens with one attached hydrogen (secondary N) is 1. The van der Waals surface area contributed by atoms with E-state index < -0.39 is 0 Å². The van der Waals surface area contributed by atoms with Gasteiger partial charge in [0.15, 0.2) is 5.69 Å². The van der Waals surface area contributed by atoms with Crippen molar-refractivity contribution in [2.24, 2.45) is 0 Å². The van der Waals surface area contributed by atoms with E-state index in [2.05, 4.69) is 20.6 Å². The first-order valence-corrected chi connectivity index (χ1v) is 10.2. The molecule has 1 N–H and O–H groups in total. The van der Waals surface area contributed by atoms with Crippen LogP contribution in [0.4, 0.5) is 0 Å². The van der Waals surface area contributed by atoms with Crippen LogP contribution in [0.25, 0.3) is 0 Å². The van der Waals surface area contributed by atoms with Crippen LogP contribution >= 0.6 is 11.3 Å². The second-order valence-electron chi connectivity index (χ2n) is 7.32. The number of nitrogens with zero attached hydrogens (tertiary/aromatic N) is 5. The smallest absolute Gasteiger partial charge is 0.276 e. The fourth-order valence-corrected chi connectivity index (χ4v) is 5.29. The third kappa shape index (κ3) is 3.05. The van der Waals surface area contributed by atoms with Crippen LogP contribution in [0.5, 0.6) is 0 Å². The van der Waals surface area contributed by atoms with E-state index in [1.165, 1.54) is 10.6 Å². The minimum absolute atomic E-state index is 0.0356. The van der Waals surface area contributed by atoms with E-state index in [1.807, 2.05) is 30.5 Å². The van der Waals surface area contributed by atoms with Gasteiger partial charge in [-0.2, -0.15) is 0 Å². The van der Waals surface area contributed by atoms with Crippen LogP contribution in [0.15, 0.2) is 0 Å². The van der Waals surface area contributed by atoms with Gasteiger partial charge in [0, 0.05) is 7.05 Å². The molecule has 7 nitrogen and oxygen atoms in total. The van der Waals surface area contributed by atoms with E-state index in [1.54, 1.807) is 11.3 Å². The number of fused-ring (bicyclic) bond motifs is 1. The molecule has 4 rings (SSSR count). The summed E-state index contributed by atoms with van der Waals surface area (Å²) in [5.41, 5.74) is 2.53. The topological polar surface area (TPSA) is 75.9 Å². The van der Waals surface area contributed by atoms with Crippen molar-refractivity contribution < 1.29 is 4.79 Å². The molecule has 0 aromatic carbocycles. The number of carbonyl (C=O) groups excluding carboxylic acids is 1. The highest BCUT2D eigenvalue weighted by Gasteiger charge is 2.32. The Bertz CT molecular complexity index is 807. The highest BCUT2D eigenvalue weighted by molar-refractivity contribution is 7.11. The van der Waals surface area contributed by atoms with Crippen LogP contribution in [0, 0.1) is 13.8 Å². The Kier molecular flexibility index (Phi) is 4.79. The van der Waals surface area contributed by atoms with Crippen LogP contribution in [0.2, 0.25) is 0 Å². The number of hydrogen-bond donors (Lipinski definition) is 1. The maximum atomic E-state index is 13.2. The number of thiazole rings is 1. The Hall–Kier alpha value is -1.80. The molecule has 1 amide bonds. The van der Waals surface area contributed by atoms with E-state index in [0.29, 0.717) is 11.7 Å². The first-order valence-electron chi connectivity index (χ1n) is 9.42. The van der Waals surface area contributed by atoms with Crippen molar-refractivity contribution in [3.63, 3.8) is 0 Å². The lowest BCUT2D eigenvalue weighted by atomic mass is 9.96. The molecule has 3 heterocycles. The second-order valence-corrected chi connectivity index (χ2v) is 8.55. The zero-order chi connectivity index (χ0) is 18.3. The molecule has 2 aromatic rings. The molecule has 26 heavy (non-hydrogen) atoms. The van der Waals surface area contributed by atoms with E-state index >= 15 is 0 Å². The Balaban J connectivity index is 1.57. The monoisotopic (exact) mass is 374 g/mol. The summed E-state index contributed by atoms with van der Waals surface area (Å²) in [7, 11) is 1.89. The molecule has 1 aliphatic carbocycles. The van der Waals surface area contributed by atoms with E-state index in [9.17, 15) is 4.79 Å². The lowest BCUT2D eigenvalue weighted by Gasteiger charge is -2.30. The Labute approximate surface area is 157 Å². The van der Waals surface area contributed by atoms with Gasteiger partial charge in [-0.15, -0.1) is 16.4 Å². The van der Waals surface area contributed by atoms with Crippen molar-refractivity contribution in [3.8, 4) is 0 Å². The highest BCUT2D eigenvalue weighted by atomic mass is 32.1. The molecule has 8 heteroatoms. The summed E-state index contributed by atoms with van der Waals surface area (Å²) in [6.07, 6.45) is 5.13. The Morgan fingerprint density at radius 3 is 2.81 bits per heavy atom. The van der Waals surface area contributed by atoms with Gasteiger partial charge >= 0.3 is 0 Å². The summed E-state index contributed by atoms with van der Waals surface area (Å²) in [5, 5.41) is 13.0. The van der Waals surface area contributed by atoms with E-state index in [-0.39, 0.29) is 11.9 Å². The number of aryl methyl sites for hydroxylation is 2. The minimum atomic E-state index is -0.0356. The SMILES string of the molecule is Cc1nc2c(s1)C(N(C)C(=O)c1nnn(C3CCNCC3)c1C)CCC2. The third-order valence-electron chi connectivity index (χ3n) is 5.60. The predicted octanol–water partition coefficient (Wildman–Crippen LogP) is 2.43. The molecule has 1 atom stereocenters. The van der Waals surface area contributed by atoms with E-state index in [0.717, 1.165) is 55.9 Å². The van der Waals surface area contributed by atoms with Crippen LogP contribution in [-0.2, 0) is 6.42 Å². The average molecular weight is 375 g/mol. The van der Waals surface area contributed by atoms with Crippen molar-refractivity contribution in [2.75, 3.05) is 20.1 Å². The Morgan fingerprint density at radius 1 is 1.27 bits per heavy atom. The zero-order valence-corrected chi connectivity index (χ0v) is 16.5. The van der Waals surface area contributed by atoms with Gasteiger partial charge in [0.25, 0.3) is 5.91 Å². The number of amides is 1. The van der Waals surface area contributed by atoms with Gasteiger partial charge in [-0.1, -0.05) is 5.21 Å². The molecule has 1 saturated heterocycles. The van der Waals surface area contributed by atoms with Gasteiger partial charge < -0.3 is 10.2 Å². The van der Waals surface area contributed by atoms with Gasteiger partial charge in [0.2, 0.25) is 0 Å². The standard InChI is InChI=1S/C18H26N6OS/c1-11-16(21-22-24(11)13-7-9-19-10-8-13)18(25)23(3)15-6-4-5-14-17(15)26-12(2)20-14/h13,15,19H,4-10H2,1-3H3. The first kappa shape index (κ1) is 17.6. The van der Waals surface area contributed by atoms with Crippen molar-refractivity contribution in [1.82, 2.24) is 30.2 Å². The fraction of sp³-hybridized carbons (Fsp3) is 0.667.